The summed E-state index contributed by atoms with van der Waals surface area (Å²) >= 11 is 0. The highest BCUT2D eigenvalue weighted by atomic mass is 16.5. The molecule has 156 valence electrons. The van der Waals surface area contributed by atoms with Crippen LogP contribution in [-0.2, 0) is 9.47 Å². The van der Waals surface area contributed by atoms with Crippen molar-refractivity contribution in [2.75, 3.05) is 63.9 Å². The summed E-state index contributed by atoms with van der Waals surface area (Å²) in [6, 6.07) is 5.88. The summed E-state index contributed by atoms with van der Waals surface area (Å²) in [5.74, 6) is 1.52. The van der Waals surface area contributed by atoms with Gasteiger partial charge in [0, 0.05) is 51.2 Å². The van der Waals surface area contributed by atoms with E-state index in [-0.39, 0.29) is 0 Å². The number of nitrogens with zero attached hydrogens (tertiary/aromatic N) is 4. The Morgan fingerprint density at radius 2 is 2.07 bits per heavy atom. The highest BCUT2D eigenvalue weighted by Gasteiger charge is 2.22. The van der Waals surface area contributed by atoms with Gasteiger partial charge in [-0.3, -0.25) is 9.98 Å². The third kappa shape index (κ3) is 5.65. The molecule has 0 atom stereocenters. The molecule has 1 N–H and O–H groups in total. The van der Waals surface area contributed by atoms with E-state index in [1.807, 2.05) is 25.3 Å². The SMILES string of the molecule is CCOCCN1CC(=NCCCOC)Nc2cnc(-c3ccc(OC)nc3)cc21. The summed E-state index contributed by atoms with van der Waals surface area (Å²) in [5.41, 5.74) is 3.84. The van der Waals surface area contributed by atoms with Gasteiger partial charge in [-0.2, -0.15) is 0 Å². The quantitative estimate of drug-likeness (QED) is 0.615. The number of nitrogens with one attached hydrogen (secondary N) is 1. The largest absolute Gasteiger partial charge is 0.481 e. The maximum atomic E-state index is 5.58. The molecule has 0 spiro atoms. The second-order valence-corrected chi connectivity index (χ2v) is 6.59. The molecular weight excluding hydrogens is 370 g/mol. The zero-order valence-corrected chi connectivity index (χ0v) is 17.4. The van der Waals surface area contributed by atoms with Gasteiger partial charge in [0.15, 0.2) is 0 Å². The number of aromatic nitrogens is 2. The predicted molar refractivity (Wildman–Crippen MR) is 115 cm³/mol. The van der Waals surface area contributed by atoms with Crippen LogP contribution in [0.2, 0.25) is 0 Å². The van der Waals surface area contributed by atoms with Crippen LogP contribution in [-0.4, -0.2) is 69.5 Å². The van der Waals surface area contributed by atoms with Crippen LogP contribution in [0.4, 0.5) is 11.4 Å². The van der Waals surface area contributed by atoms with Gasteiger partial charge in [-0.15, -0.1) is 0 Å². The van der Waals surface area contributed by atoms with Crippen LogP contribution >= 0.6 is 0 Å². The zero-order valence-electron chi connectivity index (χ0n) is 17.4. The number of pyridine rings is 2. The van der Waals surface area contributed by atoms with E-state index in [1.54, 1.807) is 20.4 Å². The van der Waals surface area contributed by atoms with E-state index in [9.17, 15) is 0 Å². The Morgan fingerprint density at radius 1 is 1.17 bits per heavy atom. The Hall–Kier alpha value is -2.71. The minimum Gasteiger partial charge on any atom is -0.481 e. The van der Waals surface area contributed by atoms with Crippen molar-refractivity contribution in [3.05, 3.63) is 30.6 Å². The van der Waals surface area contributed by atoms with Crippen molar-refractivity contribution in [2.45, 2.75) is 13.3 Å². The van der Waals surface area contributed by atoms with Gasteiger partial charge in [-0.25, -0.2) is 4.98 Å². The maximum absolute atomic E-state index is 5.58. The Bertz CT molecular complexity index is 810. The third-order valence-corrected chi connectivity index (χ3v) is 4.60. The first-order valence-corrected chi connectivity index (χ1v) is 9.87. The lowest BCUT2D eigenvalue weighted by molar-refractivity contribution is 0.154. The predicted octanol–water partition coefficient (Wildman–Crippen LogP) is 2.86. The summed E-state index contributed by atoms with van der Waals surface area (Å²) in [4.78, 5) is 15.9. The summed E-state index contributed by atoms with van der Waals surface area (Å²) in [7, 11) is 3.31. The average molecular weight is 399 g/mol. The molecule has 3 heterocycles. The smallest absolute Gasteiger partial charge is 0.212 e. The molecule has 0 fully saturated rings. The van der Waals surface area contributed by atoms with Crippen molar-refractivity contribution in [1.29, 1.82) is 0 Å². The Labute approximate surface area is 171 Å². The molecule has 8 nitrogen and oxygen atoms in total. The maximum Gasteiger partial charge on any atom is 0.212 e. The van der Waals surface area contributed by atoms with Crippen LogP contribution < -0.4 is 15.0 Å². The van der Waals surface area contributed by atoms with E-state index in [1.165, 1.54) is 0 Å². The lowest BCUT2D eigenvalue weighted by atomic mass is 10.1. The van der Waals surface area contributed by atoms with Gasteiger partial charge in [0.05, 0.1) is 43.5 Å². The fraction of sp³-hybridized carbons (Fsp3) is 0.476. The molecule has 0 aromatic carbocycles. The Morgan fingerprint density at radius 3 is 2.79 bits per heavy atom. The van der Waals surface area contributed by atoms with Crippen LogP contribution in [0, 0.1) is 0 Å². The lowest BCUT2D eigenvalue weighted by Gasteiger charge is -2.33. The number of methoxy groups -OCH3 is 2. The second-order valence-electron chi connectivity index (χ2n) is 6.59. The van der Waals surface area contributed by atoms with Crippen LogP contribution in [0.25, 0.3) is 11.3 Å². The molecule has 0 radical (unpaired) electrons. The second kappa shape index (κ2) is 10.7. The van der Waals surface area contributed by atoms with Gasteiger partial charge in [0.2, 0.25) is 5.88 Å². The molecular formula is C21H29N5O3. The van der Waals surface area contributed by atoms with Crippen LogP contribution in [0.15, 0.2) is 35.6 Å². The number of amidine groups is 1. The van der Waals surface area contributed by atoms with Crippen molar-refractivity contribution >= 4 is 17.2 Å². The standard InChI is InChI=1S/C21H29N5O3/c1-4-29-11-9-26-15-20(22-8-5-10-27-2)25-18-14-23-17(12-19(18)26)16-6-7-21(28-3)24-13-16/h6-7,12-14H,4-5,8-11,15H2,1-3H3,(H,22,25). The molecule has 8 heteroatoms. The normalized spacial score (nSPS) is 14.6. The van der Waals surface area contributed by atoms with Crippen LogP contribution in [0.1, 0.15) is 13.3 Å². The third-order valence-electron chi connectivity index (χ3n) is 4.60. The molecule has 0 saturated carbocycles. The first-order valence-electron chi connectivity index (χ1n) is 9.87. The van der Waals surface area contributed by atoms with Crippen molar-refractivity contribution < 1.29 is 14.2 Å². The molecule has 2 aromatic rings. The van der Waals surface area contributed by atoms with Gasteiger partial charge in [-0.05, 0) is 25.5 Å². The number of ether oxygens (including phenoxy) is 3. The molecule has 0 saturated heterocycles. The number of anilines is 2. The fourth-order valence-electron chi connectivity index (χ4n) is 3.11. The zero-order chi connectivity index (χ0) is 20.5. The first kappa shape index (κ1) is 21.0. The average Bonchev–Trinajstić information content (AvgIpc) is 2.76. The monoisotopic (exact) mass is 399 g/mol. The molecule has 1 aliphatic rings. The van der Waals surface area contributed by atoms with Crippen molar-refractivity contribution in [3.63, 3.8) is 0 Å². The highest BCUT2D eigenvalue weighted by molar-refractivity contribution is 6.04. The van der Waals surface area contributed by atoms with E-state index in [0.717, 1.165) is 48.0 Å². The number of fused-ring (bicyclic) bond motifs is 1. The highest BCUT2D eigenvalue weighted by Crippen LogP contribution is 2.32. The van der Waals surface area contributed by atoms with Crippen LogP contribution in [0.5, 0.6) is 5.88 Å². The minimum atomic E-state index is 0.584. The molecule has 0 unspecified atom stereocenters. The Balaban J connectivity index is 1.83. The van der Waals surface area contributed by atoms with Crippen LogP contribution in [0.3, 0.4) is 0 Å². The molecule has 1 aliphatic heterocycles. The first-order chi connectivity index (χ1) is 14.2. The molecule has 0 aliphatic carbocycles. The molecule has 0 amide bonds. The summed E-state index contributed by atoms with van der Waals surface area (Å²) in [6.45, 7) is 6.30. The Kier molecular flexibility index (Phi) is 7.77. The summed E-state index contributed by atoms with van der Waals surface area (Å²) < 4.78 is 15.8. The van der Waals surface area contributed by atoms with Gasteiger partial charge in [0.25, 0.3) is 0 Å². The van der Waals surface area contributed by atoms with Crippen molar-refractivity contribution in [3.8, 4) is 17.1 Å². The molecule has 3 rings (SSSR count). The van der Waals surface area contributed by atoms with E-state index in [0.29, 0.717) is 32.2 Å². The number of hydrogen-bond acceptors (Lipinski definition) is 7. The number of hydrogen-bond donors (Lipinski definition) is 1. The summed E-state index contributed by atoms with van der Waals surface area (Å²) in [5, 5.41) is 3.42. The number of aliphatic imine (C=N–C) groups is 1. The molecule has 2 aromatic heterocycles. The topological polar surface area (TPSA) is 81.1 Å². The fourth-order valence-corrected chi connectivity index (χ4v) is 3.11. The van der Waals surface area contributed by atoms with E-state index >= 15 is 0 Å². The minimum absolute atomic E-state index is 0.584. The van der Waals surface area contributed by atoms with Crippen molar-refractivity contribution in [2.24, 2.45) is 4.99 Å². The van der Waals surface area contributed by atoms with Gasteiger partial charge < -0.3 is 24.4 Å². The van der Waals surface area contributed by atoms with Crippen molar-refractivity contribution in [1.82, 2.24) is 9.97 Å². The van der Waals surface area contributed by atoms with E-state index in [4.69, 9.17) is 14.2 Å². The van der Waals surface area contributed by atoms with Gasteiger partial charge in [0.1, 0.15) is 5.84 Å². The van der Waals surface area contributed by atoms with Gasteiger partial charge in [-0.1, -0.05) is 0 Å². The van der Waals surface area contributed by atoms with E-state index in [2.05, 4.69) is 31.2 Å². The lowest BCUT2D eigenvalue weighted by Crippen LogP contribution is -2.40. The number of rotatable bonds is 10. The van der Waals surface area contributed by atoms with E-state index < -0.39 is 0 Å². The van der Waals surface area contributed by atoms with Gasteiger partial charge >= 0.3 is 0 Å². The summed E-state index contributed by atoms with van der Waals surface area (Å²) in [6.07, 6.45) is 4.53. The molecule has 0 bridgehead atoms. The molecule has 29 heavy (non-hydrogen) atoms.